The summed E-state index contributed by atoms with van der Waals surface area (Å²) < 4.78 is 1.50. The molecule has 0 aliphatic heterocycles. The second-order valence-corrected chi connectivity index (χ2v) is 6.43. The average molecular weight is 349 g/mol. The maximum Gasteiger partial charge on any atom is 0.261 e. The number of amides is 1. The molecule has 0 saturated heterocycles. The van der Waals surface area contributed by atoms with Crippen molar-refractivity contribution in [1.29, 1.82) is 0 Å². The summed E-state index contributed by atoms with van der Waals surface area (Å²) in [5.41, 5.74) is 2.95. The summed E-state index contributed by atoms with van der Waals surface area (Å²) in [4.78, 5) is 30.9. The highest BCUT2D eigenvalue weighted by Crippen LogP contribution is 2.09. The van der Waals surface area contributed by atoms with E-state index in [0.717, 1.165) is 12.0 Å². The van der Waals surface area contributed by atoms with Gasteiger partial charge in [-0.05, 0) is 29.7 Å². The molecule has 26 heavy (non-hydrogen) atoms. The Morgan fingerprint density at radius 3 is 2.50 bits per heavy atom. The number of rotatable bonds is 6. The Balaban J connectivity index is 1.62. The molecule has 0 aliphatic rings. The number of para-hydroxylation sites is 1. The van der Waals surface area contributed by atoms with E-state index in [1.165, 1.54) is 16.5 Å². The first-order valence-electron chi connectivity index (χ1n) is 8.84. The third kappa shape index (κ3) is 3.99. The van der Waals surface area contributed by atoms with Crippen LogP contribution in [0.3, 0.4) is 0 Å². The third-order valence-electron chi connectivity index (χ3n) is 4.57. The lowest BCUT2D eigenvalue weighted by atomic mass is 10.1. The largest absolute Gasteiger partial charge is 0.341 e. The van der Waals surface area contributed by atoms with E-state index < -0.39 is 0 Å². The van der Waals surface area contributed by atoms with Gasteiger partial charge in [0.05, 0.1) is 17.2 Å². The molecule has 1 heterocycles. The molecule has 0 unspecified atom stereocenters. The molecule has 134 valence electrons. The van der Waals surface area contributed by atoms with Gasteiger partial charge in [0.25, 0.3) is 5.56 Å². The first-order valence-corrected chi connectivity index (χ1v) is 8.84. The molecule has 0 spiro atoms. The van der Waals surface area contributed by atoms with E-state index in [4.69, 9.17) is 0 Å². The van der Waals surface area contributed by atoms with E-state index in [-0.39, 0.29) is 17.9 Å². The number of carbonyl (C=O) groups is 1. The number of nitrogens with zero attached hydrogens (tertiary/aromatic N) is 3. The normalized spacial score (nSPS) is 10.8. The van der Waals surface area contributed by atoms with Crippen molar-refractivity contribution in [2.75, 3.05) is 7.05 Å². The second-order valence-electron chi connectivity index (χ2n) is 6.43. The van der Waals surface area contributed by atoms with Gasteiger partial charge in [-0.15, -0.1) is 0 Å². The number of aromatic nitrogens is 2. The fourth-order valence-corrected chi connectivity index (χ4v) is 2.91. The summed E-state index contributed by atoms with van der Waals surface area (Å²) in [5, 5.41) is 0.576. The minimum absolute atomic E-state index is 0.00428. The highest BCUT2D eigenvalue weighted by molar-refractivity contribution is 5.77. The van der Waals surface area contributed by atoms with Crippen molar-refractivity contribution >= 4 is 16.8 Å². The third-order valence-corrected chi connectivity index (χ3v) is 4.57. The van der Waals surface area contributed by atoms with Crippen LogP contribution in [0.2, 0.25) is 0 Å². The zero-order valence-electron chi connectivity index (χ0n) is 15.2. The van der Waals surface area contributed by atoms with Crippen molar-refractivity contribution < 1.29 is 4.79 Å². The van der Waals surface area contributed by atoms with Crippen LogP contribution in [0.15, 0.2) is 59.7 Å². The van der Waals surface area contributed by atoms with Crippen LogP contribution >= 0.6 is 0 Å². The SMILES string of the molecule is CCc1ccc(CN(C)C(=O)CCn2cnc3ccccc3c2=O)cc1. The Bertz CT molecular complexity index is 961. The van der Waals surface area contributed by atoms with Gasteiger partial charge < -0.3 is 4.90 Å². The van der Waals surface area contributed by atoms with E-state index in [1.807, 2.05) is 18.2 Å². The number of hydrogen-bond acceptors (Lipinski definition) is 3. The van der Waals surface area contributed by atoms with E-state index in [2.05, 4.69) is 36.2 Å². The predicted molar refractivity (Wildman–Crippen MR) is 103 cm³/mol. The maximum atomic E-state index is 12.5. The fourth-order valence-electron chi connectivity index (χ4n) is 2.91. The number of benzene rings is 2. The highest BCUT2D eigenvalue weighted by atomic mass is 16.2. The number of fused-ring (bicyclic) bond motifs is 1. The van der Waals surface area contributed by atoms with Crippen LogP contribution in [0, 0.1) is 0 Å². The van der Waals surface area contributed by atoms with Crippen molar-refractivity contribution in [3.8, 4) is 0 Å². The summed E-state index contributed by atoms with van der Waals surface area (Å²) in [6.07, 6.45) is 2.79. The molecule has 0 radical (unpaired) electrons. The van der Waals surface area contributed by atoms with Gasteiger partial charge in [0.2, 0.25) is 5.91 Å². The zero-order chi connectivity index (χ0) is 18.5. The first kappa shape index (κ1) is 17.9. The minimum atomic E-state index is -0.110. The molecule has 1 aromatic heterocycles. The van der Waals surface area contributed by atoms with Gasteiger partial charge in [0.15, 0.2) is 0 Å². The molecule has 0 atom stereocenters. The van der Waals surface area contributed by atoms with E-state index >= 15 is 0 Å². The molecule has 5 nitrogen and oxygen atoms in total. The molecular weight excluding hydrogens is 326 g/mol. The Kier molecular flexibility index (Phi) is 5.46. The fraction of sp³-hybridized carbons (Fsp3) is 0.286. The topological polar surface area (TPSA) is 55.2 Å². The predicted octanol–water partition coefficient (Wildman–Crippen LogP) is 3.01. The van der Waals surface area contributed by atoms with Crippen molar-refractivity contribution in [3.05, 3.63) is 76.3 Å². The van der Waals surface area contributed by atoms with Gasteiger partial charge >= 0.3 is 0 Å². The van der Waals surface area contributed by atoms with Crippen LogP contribution in [-0.4, -0.2) is 27.4 Å². The quantitative estimate of drug-likeness (QED) is 0.687. The Hall–Kier alpha value is -2.95. The molecule has 5 heteroatoms. The summed E-state index contributed by atoms with van der Waals surface area (Å²) in [6.45, 7) is 3.01. The summed E-state index contributed by atoms with van der Waals surface area (Å²) >= 11 is 0. The van der Waals surface area contributed by atoms with Gasteiger partial charge in [0, 0.05) is 26.6 Å². The Morgan fingerprint density at radius 1 is 1.08 bits per heavy atom. The zero-order valence-corrected chi connectivity index (χ0v) is 15.2. The summed E-state index contributed by atoms with van der Waals surface area (Å²) in [5.74, 6) is 0.00428. The molecule has 0 bridgehead atoms. The van der Waals surface area contributed by atoms with Crippen LogP contribution in [-0.2, 0) is 24.3 Å². The number of hydrogen-bond donors (Lipinski definition) is 0. The molecule has 2 aromatic carbocycles. The summed E-state index contributed by atoms with van der Waals surface area (Å²) in [6, 6.07) is 15.5. The van der Waals surface area contributed by atoms with Crippen molar-refractivity contribution in [3.63, 3.8) is 0 Å². The monoisotopic (exact) mass is 349 g/mol. The van der Waals surface area contributed by atoms with Crippen molar-refractivity contribution in [1.82, 2.24) is 14.5 Å². The van der Waals surface area contributed by atoms with E-state index in [0.29, 0.717) is 24.0 Å². The molecule has 3 aromatic rings. The molecule has 0 aliphatic carbocycles. The smallest absolute Gasteiger partial charge is 0.261 e. The van der Waals surface area contributed by atoms with Crippen molar-refractivity contribution in [2.45, 2.75) is 32.9 Å². The van der Waals surface area contributed by atoms with Gasteiger partial charge in [0.1, 0.15) is 0 Å². The van der Waals surface area contributed by atoms with Gasteiger partial charge in [-0.3, -0.25) is 14.2 Å². The van der Waals surface area contributed by atoms with Crippen LogP contribution in [0.1, 0.15) is 24.5 Å². The lowest BCUT2D eigenvalue weighted by Crippen LogP contribution is -2.29. The first-order chi connectivity index (χ1) is 12.6. The van der Waals surface area contributed by atoms with Crippen LogP contribution in [0.4, 0.5) is 0 Å². The molecule has 1 amide bonds. The van der Waals surface area contributed by atoms with Crippen LogP contribution in [0.25, 0.3) is 10.9 Å². The van der Waals surface area contributed by atoms with Gasteiger partial charge in [-0.2, -0.15) is 0 Å². The molecule has 0 fully saturated rings. The maximum absolute atomic E-state index is 12.5. The standard InChI is InChI=1S/C21H23N3O2/c1-3-16-8-10-17(11-9-16)14-23(2)20(25)12-13-24-15-22-19-7-5-4-6-18(19)21(24)26/h4-11,15H,3,12-14H2,1-2H3. The van der Waals surface area contributed by atoms with Crippen molar-refractivity contribution in [2.24, 2.45) is 0 Å². The molecule has 0 saturated carbocycles. The summed E-state index contributed by atoms with van der Waals surface area (Å²) in [7, 11) is 1.79. The van der Waals surface area contributed by atoms with E-state index in [9.17, 15) is 9.59 Å². The average Bonchev–Trinajstić information content (AvgIpc) is 2.68. The number of aryl methyl sites for hydroxylation is 2. The Labute approximate surface area is 152 Å². The lowest BCUT2D eigenvalue weighted by molar-refractivity contribution is -0.130. The van der Waals surface area contributed by atoms with Crippen LogP contribution in [0.5, 0.6) is 0 Å². The minimum Gasteiger partial charge on any atom is -0.341 e. The van der Waals surface area contributed by atoms with Crippen LogP contribution < -0.4 is 5.56 Å². The van der Waals surface area contributed by atoms with Gasteiger partial charge in [-0.25, -0.2) is 4.98 Å². The highest BCUT2D eigenvalue weighted by Gasteiger charge is 2.11. The lowest BCUT2D eigenvalue weighted by Gasteiger charge is -2.18. The number of carbonyl (C=O) groups excluding carboxylic acids is 1. The van der Waals surface area contributed by atoms with Gasteiger partial charge in [-0.1, -0.05) is 43.3 Å². The second kappa shape index (κ2) is 7.95. The molecule has 0 N–H and O–H groups in total. The molecular formula is C21H23N3O2. The Morgan fingerprint density at radius 2 is 1.77 bits per heavy atom. The molecule has 3 rings (SSSR count). The van der Waals surface area contributed by atoms with E-state index in [1.54, 1.807) is 18.0 Å².